The largest absolute Gasteiger partial charge is 0.384 e. The van der Waals surface area contributed by atoms with Crippen molar-refractivity contribution in [3.05, 3.63) is 41.7 Å². The first-order valence-electron chi connectivity index (χ1n) is 8.58. The predicted molar refractivity (Wildman–Crippen MR) is 99.3 cm³/mol. The van der Waals surface area contributed by atoms with Gasteiger partial charge in [-0.15, -0.1) is 0 Å². The van der Waals surface area contributed by atoms with E-state index in [0.29, 0.717) is 30.7 Å². The molecule has 1 aliphatic heterocycles. The molecule has 0 atom stereocenters. The number of anilines is 2. The minimum atomic E-state index is 0.385. The average molecular weight is 351 g/mol. The van der Waals surface area contributed by atoms with E-state index < -0.39 is 0 Å². The van der Waals surface area contributed by atoms with Crippen molar-refractivity contribution in [2.45, 2.75) is 13.8 Å². The van der Waals surface area contributed by atoms with Gasteiger partial charge in [0.05, 0.1) is 30.3 Å². The molecule has 3 aromatic rings. The summed E-state index contributed by atoms with van der Waals surface area (Å²) in [7, 11) is 0. The molecular weight excluding hydrogens is 330 g/mol. The fourth-order valence-electron chi connectivity index (χ4n) is 3.04. The quantitative estimate of drug-likeness (QED) is 0.768. The van der Waals surface area contributed by atoms with Crippen LogP contribution in [0.2, 0.25) is 0 Å². The highest BCUT2D eigenvalue weighted by Crippen LogP contribution is 2.22. The van der Waals surface area contributed by atoms with Gasteiger partial charge in [0.2, 0.25) is 0 Å². The second kappa shape index (κ2) is 6.72. The molecule has 2 N–H and O–H groups in total. The summed E-state index contributed by atoms with van der Waals surface area (Å²) in [5.74, 6) is 1.75. The minimum Gasteiger partial charge on any atom is -0.384 e. The molecule has 134 valence electrons. The van der Waals surface area contributed by atoms with Crippen LogP contribution >= 0.6 is 0 Å². The Bertz CT molecular complexity index is 931. The number of pyridine rings is 1. The Labute approximate surface area is 151 Å². The molecule has 0 amide bonds. The van der Waals surface area contributed by atoms with Crippen LogP contribution in [0, 0.1) is 13.8 Å². The Morgan fingerprint density at radius 2 is 1.81 bits per heavy atom. The molecule has 0 unspecified atom stereocenters. The molecule has 1 aliphatic rings. The van der Waals surface area contributed by atoms with E-state index in [1.165, 1.54) is 0 Å². The summed E-state index contributed by atoms with van der Waals surface area (Å²) in [6.45, 7) is 7.00. The lowest BCUT2D eigenvalue weighted by Gasteiger charge is -2.28. The molecule has 3 aromatic heterocycles. The minimum absolute atomic E-state index is 0.385. The summed E-state index contributed by atoms with van der Waals surface area (Å²) < 4.78 is 7.11. The van der Waals surface area contributed by atoms with Gasteiger partial charge >= 0.3 is 0 Å². The SMILES string of the molecule is Cc1cc(C)n(-c2nc(N)cc(-c3cccc(N4CCOCC4)n3)n2)n1. The summed E-state index contributed by atoms with van der Waals surface area (Å²) >= 11 is 0. The number of morpholine rings is 1. The lowest BCUT2D eigenvalue weighted by Crippen LogP contribution is -2.36. The van der Waals surface area contributed by atoms with Crippen molar-refractivity contribution in [2.75, 3.05) is 36.9 Å². The summed E-state index contributed by atoms with van der Waals surface area (Å²) in [6.07, 6.45) is 0. The molecule has 0 saturated carbocycles. The van der Waals surface area contributed by atoms with Gasteiger partial charge in [0.1, 0.15) is 11.6 Å². The number of ether oxygens (including phenoxy) is 1. The lowest BCUT2D eigenvalue weighted by atomic mass is 10.2. The highest BCUT2D eigenvalue weighted by molar-refractivity contribution is 5.61. The third-order valence-corrected chi connectivity index (χ3v) is 4.27. The van der Waals surface area contributed by atoms with Crippen molar-refractivity contribution >= 4 is 11.6 Å². The molecule has 0 aliphatic carbocycles. The van der Waals surface area contributed by atoms with Gasteiger partial charge in [-0.05, 0) is 32.0 Å². The van der Waals surface area contributed by atoms with Gasteiger partial charge in [-0.3, -0.25) is 0 Å². The van der Waals surface area contributed by atoms with E-state index in [9.17, 15) is 0 Å². The number of rotatable bonds is 3. The zero-order valence-electron chi connectivity index (χ0n) is 14.9. The van der Waals surface area contributed by atoms with Crippen molar-refractivity contribution in [3.8, 4) is 17.3 Å². The number of nitrogens with two attached hydrogens (primary N) is 1. The van der Waals surface area contributed by atoms with Crippen LogP contribution < -0.4 is 10.6 Å². The van der Waals surface area contributed by atoms with Crippen molar-refractivity contribution in [1.29, 1.82) is 0 Å². The molecular formula is C18H21N7O. The smallest absolute Gasteiger partial charge is 0.253 e. The Kier molecular flexibility index (Phi) is 4.26. The molecule has 8 heteroatoms. The van der Waals surface area contributed by atoms with E-state index in [0.717, 1.165) is 36.0 Å². The second-order valence-corrected chi connectivity index (χ2v) is 6.30. The molecule has 26 heavy (non-hydrogen) atoms. The molecule has 8 nitrogen and oxygen atoms in total. The maximum atomic E-state index is 6.02. The summed E-state index contributed by atoms with van der Waals surface area (Å²) in [5.41, 5.74) is 9.31. The molecule has 4 rings (SSSR count). The highest BCUT2D eigenvalue weighted by atomic mass is 16.5. The third kappa shape index (κ3) is 3.23. The van der Waals surface area contributed by atoms with E-state index in [4.69, 9.17) is 15.5 Å². The van der Waals surface area contributed by atoms with Gasteiger partial charge in [-0.2, -0.15) is 10.1 Å². The summed E-state index contributed by atoms with van der Waals surface area (Å²) in [6, 6.07) is 9.62. The lowest BCUT2D eigenvalue weighted by molar-refractivity contribution is 0.122. The number of hydrogen-bond donors (Lipinski definition) is 1. The zero-order valence-corrected chi connectivity index (χ0v) is 14.9. The van der Waals surface area contributed by atoms with Crippen LogP contribution in [0.25, 0.3) is 17.3 Å². The summed E-state index contributed by atoms with van der Waals surface area (Å²) in [5, 5.41) is 4.44. The van der Waals surface area contributed by atoms with Crippen molar-refractivity contribution < 1.29 is 4.74 Å². The van der Waals surface area contributed by atoms with Crippen LogP contribution in [0.15, 0.2) is 30.3 Å². The Hall–Kier alpha value is -3.00. The molecule has 4 heterocycles. The summed E-state index contributed by atoms with van der Waals surface area (Å²) in [4.78, 5) is 15.9. The average Bonchev–Trinajstić information content (AvgIpc) is 3.00. The van der Waals surface area contributed by atoms with Crippen LogP contribution in [0.3, 0.4) is 0 Å². The molecule has 0 bridgehead atoms. The van der Waals surface area contributed by atoms with Crippen LogP contribution in [0.4, 0.5) is 11.6 Å². The fraction of sp³-hybridized carbons (Fsp3) is 0.333. The topological polar surface area (TPSA) is 95.0 Å². The Morgan fingerprint density at radius 3 is 2.54 bits per heavy atom. The number of aromatic nitrogens is 5. The predicted octanol–water partition coefficient (Wildman–Crippen LogP) is 1.76. The van der Waals surface area contributed by atoms with Crippen LogP contribution in [0.1, 0.15) is 11.4 Å². The van der Waals surface area contributed by atoms with E-state index in [1.54, 1.807) is 10.7 Å². The molecule has 0 spiro atoms. The molecule has 0 radical (unpaired) electrons. The van der Waals surface area contributed by atoms with Crippen molar-refractivity contribution in [2.24, 2.45) is 0 Å². The molecule has 1 saturated heterocycles. The van der Waals surface area contributed by atoms with Gasteiger partial charge < -0.3 is 15.4 Å². The third-order valence-electron chi connectivity index (χ3n) is 4.27. The fourth-order valence-corrected chi connectivity index (χ4v) is 3.04. The van der Waals surface area contributed by atoms with E-state index in [-0.39, 0.29) is 0 Å². The maximum absolute atomic E-state index is 6.02. The number of nitrogen functional groups attached to an aromatic ring is 1. The Morgan fingerprint density at radius 1 is 1.00 bits per heavy atom. The Balaban J connectivity index is 1.73. The first-order chi connectivity index (χ1) is 12.6. The van der Waals surface area contributed by atoms with Gasteiger partial charge in [-0.25, -0.2) is 14.6 Å². The van der Waals surface area contributed by atoms with Crippen LogP contribution in [-0.4, -0.2) is 51.0 Å². The van der Waals surface area contributed by atoms with E-state index >= 15 is 0 Å². The van der Waals surface area contributed by atoms with Crippen molar-refractivity contribution in [1.82, 2.24) is 24.7 Å². The maximum Gasteiger partial charge on any atom is 0.253 e. The number of aryl methyl sites for hydroxylation is 2. The van der Waals surface area contributed by atoms with Gasteiger partial charge in [0, 0.05) is 24.8 Å². The normalized spacial score (nSPS) is 14.6. The standard InChI is InChI=1S/C18H21N7O/c1-12-10-13(2)25(23-12)18-21-15(11-16(19)22-18)14-4-3-5-17(20-14)24-6-8-26-9-7-24/h3-5,10-11H,6-9H2,1-2H3,(H2,19,21,22). The molecule has 1 fully saturated rings. The van der Waals surface area contributed by atoms with E-state index in [1.807, 2.05) is 38.1 Å². The van der Waals surface area contributed by atoms with Crippen molar-refractivity contribution in [3.63, 3.8) is 0 Å². The van der Waals surface area contributed by atoms with E-state index in [2.05, 4.69) is 20.0 Å². The monoisotopic (exact) mass is 351 g/mol. The number of nitrogens with zero attached hydrogens (tertiary/aromatic N) is 6. The second-order valence-electron chi connectivity index (χ2n) is 6.30. The van der Waals surface area contributed by atoms with Crippen LogP contribution in [-0.2, 0) is 4.74 Å². The first-order valence-corrected chi connectivity index (χ1v) is 8.58. The van der Waals surface area contributed by atoms with Gasteiger partial charge in [0.15, 0.2) is 0 Å². The number of hydrogen-bond acceptors (Lipinski definition) is 7. The van der Waals surface area contributed by atoms with Gasteiger partial charge in [0.25, 0.3) is 5.95 Å². The first kappa shape index (κ1) is 16.5. The zero-order chi connectivity index (χ0) is 18.1. The molecule has 0 aromatic carbocycles. The van der Waals surface area contributed by atoms with Gasteiger partial charge in [-0.1, -0.05) is 6.07 Å². The van der Waals surface area contributed by atoms with Crippen LogP contribution in [0.5, 0.6) is 0 Å². The highest BCUT2D eigenvalue weighted by Gasteiger charge is 2.15.